The molecule has 0 unspecified atom stereocenters. The fraction of sp³-hybridized carbons (Fsp3) is 0.238. The molecule has 0 aliphatic rings. The van der Waals surface area contributed by atoms with Crippen molar-refractivity contribution in [1.82, 2.24) is 20.3 Å². The molecule has 3 aromatic rings. The predicted molar refractivity (Wildman–Crippen MR) is 106 cm³/mol. The average molecular weight is 361 g/mol. The second-order valence-corrected chi connectivity index (χ2v) is 7.25. The molecule has 138 valence electrons. The lowest BCUT2D eigenvalue weighted by Crippen LogP contribution is -2.24. The van der Waals surface area contributed by atoms with Gasteiger partial charge in [0.15, 0.2) is 0 Å². The van der Waals surface area contributed by atoms with Crippen LogP contribution in [0.4, 0.5) is 11.5 Å². The number of pyridine rings is 1. The van der Waals surface area contributed by atoms with E-state index in [1.165, 1.54) is 11.8 Å². The van der Waals surface area contributed by atoms with E-state index in [1.54, 1.807) is 18.6 Å². The molecule has 2 aromatic heterocycles. The molecule has 0 atom stereocenters. The second-order valence-electron chi connectivity index (χ2n) is 7.25. The highest BCUT2D eigenvalue weighted by atomic mass is 16.1. The van der Waals surface area contributed by atoms with Gasteiger partial charge < -0.3 is 10.6 Å². The summed E-state index contributed by atoms with van der Waals surface area (Å²) >= 11 is 0. The average Bonchev–Trinajstić information content (AvgIpc) is 2.67. The van der Waals surface area contributed by atoms with E-state index in [4.69, 9.17) is 0 Å². The van der Waals surface area contributed by atoms with E-state index in [9.17, 15) is 4.79 Å². The number of benzene rings is 1. The van der Waals surface area contributed by atoms with Gasteiger partial charge in [-0.25, -0.2) is 9.97 Å². The zero-order chi connectivity index (χ0) is 19.3. The Bertz CT molecular complexity index is 902. The van der Waals surface area contributed by atoms with Crippen molar-refractivity contribution < 1.29 is 4.79 Å². The molecule has 1 aromatic carbocycles. The Labute approximate surface area is 159 Å². The number of amides is 1. The van der Waals surface area contributed by atoms with Gasteiger partial charge in [0.2, 0.25) is 0 Å². The summed E-state index contributed by atoms with van der Waals surface area (Å²) in [5, 5.41) is 6.10. The predicted octanol–water partition coefficient (Wildman–Crippen LogP) is 3.84. The highest BCUT2D eigenvalue weighted by Gasteiger charge is 2.17. The van der Waals surface area contributed by atoms with Crippen LogP contribution in [0, 0.1) is 0 Å². The summed E-state index contributed by atoms with van der Waals surface area (Å²) in [7, 11) is 0. The summed E-state index contributed by atoms with van der Waals surface area (Å²) in [6.45, 7) is 6.88. The highest BCUT2D eigenvalue weighted by Crippen LogP contribution is 2.30. The van der Waals surface area contributed by atoms with E-state index >= 15 is 0 Å². The van der Waals surface area contributed by atoms with Gasteiger partial charge in [0.25, 0.3) is 5.91 Å². The first-order valence-electron chi connectivity index (χ1n) is 8.79. The normalized spacial score (nSPS) is 11.1. The number of nitrogens with one attached hydrogen (secondary N) is 2. The van der Waals surface area contributed by atoms with Gasteiger partial charge in [-0.15, -0.1) is 0 Å². The number of nitrogens with zero attached hydrogens (tertiary/aromatic N) is 3. The maximum atomic E-state index is 12.2. The molecule has 6 heteroatoms. The maximum absolute atomic E-state index is 12.2. The highest BCUT2D eigenvalue weighted by molar-refractivity contribution is 5.92. The van der Waals surface area contributed by atoms with Crippen molar-refractivity contribution in [3.8, 4) is 0 Å². The molecular weight excluding hydrogens is 338 g/mol. The number of rotatable bonds is 5. The third kappa shape index (κ3) is 4.88. The number of carbonyl (C=O) groups excluding carboxylic acids is 1. The molecule has 0 saturated heterocycles. The van der Waals surface area contributed by atoms with Crippen LogP contribution in [-0.2, 0) is 12.0 Å². The van der Waals surface area contributed by atoms with Crippen molar-refractivity contribution in [1.29, 1.82) is 0 Å². The monoisotopic (exact) mass is 361 g/mol. The van der Waals surface area contributed by atoms with E-state index < -0.39 is 0 Å². The van der Waals surface area contributed by atoms with E-state index in [-0.39, 0.29) is 17.0 Å². The molecule has 2 N–H and O–H groups in total. The zero-order valence-corrected chi connectivity index (χ0v) is 15.7. The van der Waals surface area contributed by atoms with Crippen molar-refractivity contribution in [3.05, 3.63) is 78.0 Å². The minimum absolute atomic E-state index is 0.00312. The lowest BCUT2D eigenvalue weighted by molar-refractivity contribution is 0.0945. The van der Waals surface area contributed by atoms with E-state index in [1.807, 2.05) is 30.3 Å². The molecule has 1 amide bonds. The van der Waals surface area contributed by atoms with E-state index in [2.05, 4.69) is 52.4 Å². The van der Waals surface area contributed by atoms with Crippen molar-refractivity contribution in [2.24, 2.45) is 0 Å². The molecule has 3 rings (SSSR count). The minimum atomic E-state index is -0.270. The lowest BCUT2D eigenvalue weighted by atomic mass is 9.86. The van der Waals surface area contributed by atoms with Gasteiger partial charge in [-0.3, -0.25) is 9.78 Å². The topological polar surface area (TPSA) is 79.8 Å². The molecule has 27 heavy (non-hydrogen) atoms. The van der Waals surface area contributed by atoms with E-state index in [0.717, 1.165) is 11.3 Å². The molecule has 0 aliphatic heterocycles. The van der Waals surface area contributed by atoms with Crippen LogP contribution in [0.25, 0.3) is 0 Å². The largest absolute Gasteiger partial charge is 0.347 e. The Kier molecular flexibility index (Phi) is 5.45. The Morgan fingerprint density at radius 2 is 1.81 bits per heavy atom. The number of carbonyl (C=O) groups is 1. The van der Waals surface area contributed by atoms with Gasteiger partial charge in [-0.05, 0) is 28.7 Å². The third-order valence-corrected chi connectivity index (χ3v) is 4.06. The van der Waals surface area contributed by atoms with Crippen LogP contribution in [0.15, 0.2) is 61.2 Å². The van der Waals surface area contributed by atoms with Crippen LogP contribution < -0.4 is 10.6 Å². The second kappa shape index (κ2) is 7.95. The Morgan fingerprint density at radius 3 is 2.48 bits per heavy atom. The van der Waals surface area contributed by atoms with Gasteiger partial charge in [0.05, 0.1) is 12.4 Å². The van der Waals surface area contributed by atoms with Gasteiger partial charge in [-0.2, -0.15) is 0 Å². The molecular formula is C21H23N5O. The third-order valence-electron chi connectivity index (χ3n) is 4.06. The maximum Gasteiger partial charge on any atom is 0.271 e. The van der Waals surface area contributed by atoms with Crippen LogP contribution in [0.2, 0.25) is 0 Å². The fourth-order valence-corrected chi connectivity index (χ4v) is 2.67. The molecule has 2 heterocycles. The molecule has 0 saturated carbocycles. The lowest BCUT2D eigenvalue weighted by Gasteiger charge is -2.23. The van der Waals surface area contributed by atoms with Gasteiger partial charge in [-0.1, -0.05) is 45.0 Å². The standard InChI is InChI=1S/C21H23N5O/c1-21(2,3)16-8-4-5-9-17(16)26-19-14-23-18(13-24-19)20(27)25-12-15-7-6-10-22-11-15/h4-11,13-14H,12H2,1-3H3,(H,24,26)(H,25,27). The van der Waals surface area contributed by atoms with Crippen molar-refractivity contribution in [2.45, 2.75) is 32.7 Å². The van der Waals surface area contributed by atoms with Crippen LogP contribution in [0.1, 0.15) is 42.4 Å². The molecule has 0 aliphatic carbocycles. The first-order valence-corrected chi connectivity index (χ1v) is 8.79. The quantitative estimate of drug-likeness (QED) is 0.722. The van der Waals surface area contributed by atoms with Crippen molar-refractivity contribution in [3.63, 3.8) is 0 Å². The number of aromatic nitrogens is 3. The first-order chi connectivity index (χ1) is 12.9. The first kappa shape index (κ1) is 18.5. The number of anilines is 2. The summed E-state index contributed by atoms with van der Waals surface area (Å²) in [4.78, 5) is 24.8. The summed E-state index contributed by atoms with van der Waals surface area (Å²) in [5.41, 5.74) is 3.37. The molecule has 6 nitrogen and oxygen atoms in total. The van der Waals surface area contributed by atoms with Crippen LogP contribution in [0.5, 0.6) is 0 Å². The number of hydrogen-bond donors (Lipinski definition) is 2. The van der Waals surface area contributed by atoms with Crippen LogP contribution in [0.3, 0.4) is 0 Å². The minimum Gasteiger partial charge on any atom is -0.347 e. The van der Waals surface area contributed by atoms with Gasteiger partial charge in [0, 0.05) is 24.6 Å². The summed E-state index contributed by atoms with van der Waals surface area (Å²) in [5.74, 6) is 0.323. The van der Waals surface area contributed by atoms with Gasteiger partial charge >= 0.3 is 0 Å². The summed E-state index contributed by atoms with van der Waals surface area (Å²) < 4.78 is 0. The smallest absolute Gasteiger partial charge is 0.271 e. The Morgan fingerprint density at radius 1 is 1.00 bits per heavy atom. The van der Waals surface area contributed by atoms with E-state index in [0.29, 0.717) is 12.4 Å². The van der Waals surface area contributed by atoms with Crippen LogP contribution in [-0.4, -0.2) is 20.9 Å². The Hall–Kier alpha value is -3.28. The SMILES string of the molecule is CC(C)(C)c1ccccc1Nc1cnc(C(=O)NCc2cccnc2)cn1. The Balaban J connectivity index is 1.66. The number of hydrogen-bond acceptors (Lipinski definition) is 5. The zero-order valence-electron chi connectivity index (χ0n) is 15.7. The van der Waals surface area contributed by atoms with Crippen LogP contribution >= 0.6 is 0 Å². The fourth-order valence-electron chi connectivity index (χ4n) is 2.67. The van der Waals surface area contributed by atoms with Gasteiger partial charge in [0.1, 0.15) is 11.5 Å². The summed E-state index contributed by atoms with van der Waals surface area (Å²) in [6, 6.07) is 11.8. The molecule has 0 fully saturated rings. The summed E-state index contributed by atoms with van der Waals surface area (Å²) in [6.07, 6.45) is 6.45. The van der Waals surface area contributed by atoms with Crippen molar-refractivity contribution >= 4 is 17.4 Å². The number of para-hydroxylation sites is 1. The molecule has 0 bridgehead atoms. The van der Waals surface area contributed by atoms with Crippen molar-refractivity contribution in [2.75, 3.05) is 5.32 Å². The molecule has 0 radical (unpaired) electrons. The molecule has 0 spiro atoms.